The van der Waals surface area contributed by atoms with Crippen LogP contribution in [0, 0.1) is 0 Å². The Balaban J connectivity index is 0. The van der Waals surface area contributed by atoms with E-state index >= 15 is 0 Å². The quantitative estimate of drug-likeness (QED) is 0.209. The monoisotopic (exact) mass is 311 g/mol. The highest BCUT2D eigenvalue weighted by Gasteiger charge is 2.16. The van der Waals surface area contributed by atoms with Gasteiger partial charge in [-0.2, -0.15) is 8.42 Å². The molecule has 8 heteroatoms. The van der Waals surface area contributed by atoms with Crippen molar-refractivity contribution < 1.29 is 32.5 Å². The van der Waals surface area contributed by atoms with Crippen LogP contribution in [0.3, 0.4) is 0 Å². The van der Waals surface area contributed by atoms with Crippen molar-refractivity contribution in [2.24, 2.45) is 0 Å². The number of carbonyl (C=O) groups is 1. The highest BCUT2D eigenvalue weighted by molar-refractivity contribution is 7.85. The van der Waals surface area contributed by atoms with Gasteiger partial charge in [0.1, 0.15) is 0 Å². The summed E-state index contributed by atoms with van der Waals surface area (Å²) < 4.78 is 35.4. The van der Waals surface area contributed by atoms with Gasteiger partial charge in [0, 0.05) is 12.5 Å². The van der Waals surface area contributed by atoms with Gasteiger partial charge in [0.15, 0.2) is 0 Å². The van der Waals surface area contributed by atoms with Gasteiger partial charge in [-0.1, -0.05) is 6.58 Å². The summed E-state index contributed by atoms with van der Waals surface area (Å²) >= 11 is 0. The second kappa shape index (κ2) is 9.87. The molecular weight excluding hydrogens is 286 g/mol. The molecule has 0 fully saturated rings. The zero-order valence-corrected chi connectivity index (χ0v) is 12.9. The van der Waals surface area contributed by atoms with Gasteiger partial charge < -0.3 is 14.7 Å². The molecule has 0 spiro atoms. The third-order valence-electron chi connectivity index (χ3n) is 2.73. The Labute approximate surface area is 120 Å². The highest BCUT2D eigenvalue weighted by atomic mass is 32.2. The summed E-state index contributed by atoms with van der Waals surface area (Å²) in [5, 5.41) is 0. The normalized spacial score (nSPS) is 11.6. The maximum atomic E-state index is 10.8. The molecule has 0 saturated heterocycles. The molecule has 120 valence electrons. The van der Waals surface area contributed by atoms with Crippen LogP contribution in [0.15, 0.2) is 12.7 Å². The lowest BCUT2D eigenvalue weighted by Crippen LogP contribution is -2.41. The van der Waals surface area contributed by atoms with E-state index in [0.29, 0.717) is 24.1 Å². The molecule has 2 N–H and O–H groups in total. The lowest BCUT2D eigenvalue weighted by Gasteiger charge is -2.29. The molecule has 0 unspecified atom stereocenters. The number of esters is 1. The standard InChI is InChI=1S/C12H23NO5S.H2O/c1-4-12(14)18-10-6-5-8-13(2,3)9-7-11-19(15,16)17;/h4H,1,5-11H2,2-3H3;1H2. The van der Waals surface area contributed by atoms with Crippen LogP contribution in [0.1, 0.15) is 19.3 Å². The van der Waals surface area contributed by atoms with E-state index in [9.17, 15) is 13.2 Å². The molecule has 0 aliphatic carbocycles. The SMILES string of the molecule is C=CC(=O)OCCCC[N+](C)(C)CCCS(=O)(=O)O.[OH-]. The van der Waals surface area contributed by atoms with Gasteiger partial charge in [-0.05, 0) is 12.8 Å². The first-order chi connectivity index (χ1) is 8.66. The second-order valence-electron chi connectivity index (χ2n) is 5.10. The topological polar surface area (TPSA) is 111 Å². The van der Waals surface area contributed by atoms with Gasteiger partial charge in [0.2, 0.25) is 0 Å². The number of hydrogen-bond donors (Lipinski definition) is 1. The van der Waals surface area contributed by atoms with E-state index in [1.165, 1.54) is 0 Å². The van der Waals surface area contributed by atoms with E-state index in [0.717, 1.165) is 25.5 Å². The largest absolute Gasteiger partial charge is 0.870 e. The molecule has 0 saturated carbocycles. The van der Waals surface area contributed by atoms with Crippen molar-refractivity contribution in [2.75, 3.05) is 39.5 Å². The van der Waals surface area contributed by atoms with Crippen LogP contribution in [-0.2, 0) is 19.6 Å². The molecule has 0 aliphatic heterocycles. The van der Waals surface area contributed by atoms with Crippen LogP contribution in [0.4, 0.5) is 0 Å². The number of rotatable bonds is 10. The van der Waals surface area contributed by atoms with E-state index in [-0.39, 0.29) is 11.2 Å². The minimum Gasteiger partial charge on any atom is -0.870 e. The van der Waals surface area contributed by atoms with Crippen molar-refractivity contribution in [2.45, 2.75) is 19.3 Å². The predicted octanol–water partition coefficient (Wildman–Crippen LogP) is 0.673. The summed E-state index contributed by atoms with van der Waals surface area (Å²) in [6.45, 7) is 5.21. The molecule has 0 rings (SSSR count). The summed E-state index contributed by atoms with van der Waals surface area (Å²) in [5.74, 6) is -0.618. The zero-order valence-electron chi connectivity index (χ0n) is 12.1. The molecule has 7 nitrogen and oxygen atoms in total. The second-order valence-corrected chi connectivity index (χ2v) is 6.67. The predicted molar refractivity (Wildman–Crippen MR) is 75.2 cm³/mol. The Bertz CT molecular complexity index is 391. The van der Waals surface area contributed by atoms with E-state index in [1.54, 1.807) is 0 Å². The van der Waals surface area contributed by atoms with Crippen molar-refractivity contribution in [3.8, 4) is 0 Å². The average Bonchev–Trinajstić information content (AvgIpc) is 2.25. The summed E-state index contributed by atoms with van der Waals surface area (Å²) in [5.41, 5.74) is 0. The Morgan fingerprint density at radius 3 is 2.30 bits per heavy atom. The number of nitrogens with zero attached hydrogens (tertiary/aromatic N) is 1. The fourth-order valence-corrected chi connectivity index (χ4v) is 2.15. The average molecular weight is 311 g/mol. The number of quaternary nitrogens is 1. The molecular formula is C12H25NO6S. The van der Waals surface area contributed by atoms with Gasteiger partial charge in [0.05, 0.1) is 39.5 Å². The van der Waals surface area contributed by atoms with E-state index < -0.39 is 16.1 Å². The number of unbranched alkanes of at least 4 members (excludes halogenated alkanes) is 1. The molecule has 0 radical (unpaired) electrons. The summed E-state index contributed by atoms with van der Waals surface area (Å²) in [6.07, 6.45) is 3.20. The molecule has 0 atom stereocenters. The fraction of sp³-hybridized carbons (Fsp3) is 0.750. The van der Waals surface area contributed by atoms with Crippen LogP contribution in [0.5, 0.6) is 0 Å². The van der Waals surface area contributed by atoms with Crippen LogP contribution < -0.4 is 0 Å². The number of carbonyl (C=O) groups excluding carboxylic acids is 1. The summed E-state index contributed by atoms with van der Waals surface area (Å²) in [4.78, 5) is 10.8. The number of hydrogen-bond acceptors (Lipinski definition) is 5. The van der Waals surface area contributed by atoms with Crippen molar-refractivity contribution >= 4 is 16.1 Å². The Morgan fingerprint density at radius 1 is 1.25 bits per heavy atom. The molecule has 0 amide bonds. The van der Waals surface area contributed by atoms with E-state index in [2.05, 4.69) is 6.58 Å². The van der Waals surface area contributed by atoms with Gasteiger partial charge in [-0.15, -0.1) is 0 Å². The zero-order chi connectivity index (χ0) is 14.9. The fourth-order valence-electron chi connectivity index (χ4n) is 1.66. The molecule has 0 bridgehead atoms. The van der Waals surface area contributed by atoms with Crippen LogP contribution >= 0.6 is 0 Å². The molecule has 20 heavy (non-hydrogen) atoms. The van der Waals surface area contributed by atoms with Crippen molar-refractivity contribution in [1.82, 2.24) is 0 Å². The van der Waals surface area contributed by atoms with E-state index in [1.807, 2.05) is 14.1 Å². The highest BCUT2D eigenvalue weighted by Crippen LogP contribution is 2.04. The Morgan fingerprint density at radius 2 is 1.80 bits per heavy atom. The van der Waals surface area contributed by atoms with Gasteiger partial charge in [-0.3, -0.25) is 4.55 Å². The molecule has 0 aliphatic rings. The maximum Gasteiger partial charge on any atom is 0.330 e. The third kappa shape index (κ3) is 13.5. The maximum absolute atomic E-state index is 10.8. The lowest BCUT2D eigenvalue weighted by molar-refractivity contribution is -0.890. The first-order valence-corrected chi connectivity index (χ1v) is 7.83. The van der Waals surface area contributed by atoms with Gasteiger partial charge in [0.25, 0.3) is 10.1 Å². The Kier molecular flexibility index (Phi) is 10.5. The summed E-state index contributed by atoms with van der Waals surface area (Å²) in [6, 6.07) is 0. The number of ether oxygens (including phenoxy) is 1. The minimum absolute atomic E-state index is 0. The molecule has 0 aromatic heterocycles. The van der Waals surface area contributed by atoms with Gasteiger partial charge in [-0.25, -0.2) is 4.79 Å². The van der Waals surface area contributed by atoms with Crippen LogP contribution in [0.25, 0.3) is 0 Å². The molecule has 0 aromatic rings. The third-order valence-corrected chi connectivity index (χ3v) is 3.54. The molecule has 0 aromatic carbocycles. The van der Waals surface area contributed by atoms with E-state index in [4.69, 9.17) is 9.29 Å². The Hall–Kier alpha value is -0.960. The minimum atomic E-state index is -3.87. The lowest BCUT2D eigenvalue weighted by atomic mass is 10.2. The smallest absolute Gasteiger partial charge is 0.330 e. The van der Waals surface area contributed by atoms with Crippen molar-refractivity contribution in [1.29, 1.82) is 0 Å². The molecule has 0 heterocycles. The summed E-state index contributed by atoms with van der Waals surface area (Å²) in [7, 11) is 0.134. The van der Waals surface area contributed by atoms with Crippen LogP contribution in [-0.4, -0.2) is 68.4 Å². The first-order valence-electron chi connectivity index (χ1n) is 6.23. The van der Waals surface area contributed by atoms with Crippen molar-refractivity contribution in [3.05, 3.63) is 12.7 Å². The first kappa shape index (κ1) is 21.3. The van der Waals surface area contributed by atoms with Gasteiger partial charge >= 0.3 is 5.97 Å². The van der Waals surface area contributed by atoms with Crippen LogP contribution in [0.2, 0.25) is 0 Å². The van der Waals surface area contributed by atoms with Crippen molar-refractivity contribution in [3.63, 3.8) is 0 Å².